The van der Waals surface area contributed by atoms with Gasteiger partial charge >= 0.3 is 6.18 Å². The minimum Gasteiger partial charge on any atom is -0.490 e. The molecule has 5 nitrogen and oxygen atoms in total. The predicted molar refractivity (Wildman–Crippen MR) is 81.6 cm³/mol. The summed E-state index contributed by atoms with van der Waals surface area (Å²) in [6, 6.07) is 4.56. The van der Waals surface area contributed by atoms with Crippen LogP contribution in [0.4, 0.5) is 13.2 Å². The number of ether oxygens (including phenoxy) is 1. The quantitative estimate of drug-likeness (QED) is 0.850. The Labute approximate surface area is 138 Å². The standard InChI is InChI=1S/C16H21F3N2O3/c1-20-8-7-13(15(20)23)21(2)9-11(22)10-24-14-6-4-3-5-12(14)16(17,18)19/h3-6,11,13,22H,7-10H2,1-2H3. The van der Waals surface area contributed by atoms with Gasteiger partial charge in [-0.3, -0.25) is 9.69 Å². The van der Waals surface area contributed by atoms with E-state index in [4.69, 9.17) is 4.74 Å². The molecule has 2 unspecified atom stereocenters. The molecule has 2 rings (SSSR count). The van der Waals surface area contributed by atoms with Crippen LogP contribution in [0.2, 0.25) is 0 Å². The van der Waals surface area contributed by atoms with E-state index in [1.165, 1.54) is 18.2 Å². The molecular formula is C16H21F3N2O3. The predicted octanol–water partition coefficient (Wildman–Crippen LogP) is 1.61. The number of rotatable bonds is 6. The van der Waals surface area contributed by atoms with E-state index in [-0.39, 0.29) is 30.9 Å². The Bertz CT molecular complexity index is 580. The third kappa shape index (κ3) is 4.39. The molecule has 0 bridgehead atoms. The molecule has 1 heterocycles. The van der Waals surface area contributed by atoms with Gasteiger partial charge in [0, 0.05) is 20.1 Å². The maximum absolute atomic E-state index is 12.9. The molecule has 134 valence electrons. The molecule has 0 radical (unpaired) electrons. The first-order valence-corrected chi connectivity index (χ1v) is 7.62. The van der Waals surface area contributed by atoms with Gasteiger partial charge in [0.25, 0.3) is 0 Å². The van der Waals surface area contributed by atoms with Crippen molar-refractivity contribution in [2.75, 3.05) is 33.8 Å². The molecular weight excluding hydrogens is 325 g/mol. The number of aliphatic hydroxyl groups is 1. The van der Waals surface area contributed by atoms with E-state index in [2.05, 4.69) is 0 Å². The lowest BCUT2D eigenvalue weighted by Crippen LogP contribution is -2.43. The highest BCUT2D eigenvalue weighted by Crippen LogP contribution is 2.35. The van der Waals surface area contributed by atoms with E-state index >= 15 is 0 Å². The smallest absolute Gasteiger partial charge is 0.419 e. The summed E-state index contributed by atoms with van der Waals surface area (Å²) in [6.07, 6.45) is -4.86. The fraction of sp³-hybridized carbons (Fsp3) is 0.562. The number of amides is 1. The first-order chi connectivity index (χ1) is 11.2. The average Bonchev–Trinajstić information content (AvgIpc) is 2.84. The first-order valence-electron chi connectivity index (χ1n) is 7.62. The van der Waals surface area contributed by atoms with Gasteiger partial charge in [-0.25, -0.2) is 0 Å². The average molecular weight is 346 g/mol. The Balaban J connectivity index is 1.90. The number of para-hydroxylation sites is 1. The second kappa shape index (κ2) is 7.40. The highest BCUT2D eigenvalue weighted by atomic mass is 19.4. The minimum absolute atomic E-state index is 0.0203. The van der Waals surface area contributed by atoms with Gasteiger partial charge in [-0.15, -0.1) is 0 Å². The van der Waals surface area contributed by atoms with Crippen LogP contribution in [-0.2, 0) is 11.0 Å². The number of likely N-dealkylation sites (N-methyl/N-ethyl adjacent to an activating group) is 2. The highest BCUT2D eigenvalue weighted by Gasteiger charge is 2.35. The summed E-state index contributed by atoms with van der Waals surface area (Å²) in [5.41, 5.74) is -0.877. The van der Waals surface area contributed by atoms with Gasteiger partial charge in [0.05, 0.1) is 11.6 Å². The maximum Gasteiger partial charge on any atom is 0.419 e. The molecule has 1 aromatic carbocycles. The van der Waals surface area contributed by atoms with E-state index in [9.17, 15) is 23.1 Å². The largest absolute Gasteiger partial charge is 0.490 e. The zero-order valence-corrected chi connectivity index (χ0v) is 13.6. The van der Waals surface area contributed by atoms with Crippen molar-refractivity contribution in [2.45, 2.75) is 24.7 Å². The van der Waals surface area contributed by atoms with Crippen molar-refractivity contribution >= 4 is 5.91 Å². The normalized spacial score (nSPS) is 19.9. The zero-order valence-electron chi connectivity index (χ0n) is 13.6. The van der Waals surface area contributed by atoms with Gasteiger partial charge in [-0.2, -0.15) is 13.2 Å². The van der Waals surface area contributed by atoms with Crippen LogP contribution in [0.5, 0.6) is 5.75 Å². The highest BCUT2D eigenvalue weighted by molar-refractivity contribution is 5.83. The van der Waals surface area contributed by atoms with E-state index < -0.39 is 17.8 Å². The molecule has 2 atom stereocenters. The van der Waals surface area contributed by atoms with Crippen molar-refractivity contribution in [3.05, 3.63) is 29.8 Å². The summed E-state index contributed by atoms with van der Waals surface area (Å²) in [7, 11) is 3.42. The number of halogens is 3. The van der Waals surface area contributed by atoms with Gasteiger partial charge in [0.2, 0.25) is 5.91 Å². The lowest BCUT2D eigenvalue weighted by Gasteiger charge is -2.25. The molecule has 1 aliphatic rings. The number of alkyl halides is 3. The van der Waals surface area contributed by atoms with E-state index in [0.717, 1.165) is 6.07 Å². The van der Waals surface area contributed by atoms with Gasteiger partial charge in [0.15, 0.2) is 0 Å². The van der Waals surface area contributed by atoms with E-state index in [1.807, 2.05) is 0 Å². The Morgan fingerprint density at radius 3 is 2.67 bits per heavy atom. The lowest BCUT2D eigenvalue weighted by atomic mass is 10.2. The first kappa shape index (κ1) is 18.5. The topological polar surface area (TPSA) is 53.0 Å². The number of aliphatic hydroxyl groups excluding tert-OH is 1. The Hall–Kier alpha value is -1.80. The van der Waals surface area contributed by atoms with Crippen LogP contribution < -0.4 is 4.74 Å². The number of carbonyl (C=O) groups excluding carboxylic acids is 1. The van der Waals surface area contributed by atoms with E-state index in [0.29, 0.717) is 13.0 Å². The third-order valence-electron chi connectivity index (χ3n) is 4.05. The number of carbonyl (C=O) groups is 1. The fourth-order valence-electron chi connectivity index (χ4n) is 2.74. The molecule has 24 heavy (non-hydrogen) atoms. The Kier molecular flexibility index (Phi) is 5.71. The summed E-state index contributed by atoms with van der Waals surface area (Å²) in [6.45, 7) is 0.506. The van der Waals surface area contributed by atoms with Crippen LogP contribution in [0.15, 0.2) is 24.3 Å². The SMILES string of the molecule is CN1CCC(N(C)CC(O)COc2ccccc2C(F)(F)F)C1=O. The zero-order chi connectivity index (χ0) is 17.9. The molecule has 1 amide bonds. The van der Waals surface area contributed by atoms with Gasteiger partial charge in [-0.05, 0) is 25.6 Å². The maximum atomic E-state index is 12.9. The van der Waals surface area contributed by atoms with Crippen molar-refractivity contribution in [3.63, 3.8) is 0 Å². The lowest BCUT2D eigenvalue weighted by molar-refractivity contribution is -0.139. The van der Waals surface area contributed by atoms with Crippen LogP contribution in [0.3, 0.4) is 0 Å². The molecule has 1 fully saturated rings. The summed E-state index contributed by atoms with van der Waals surface area (Å²) in [4.78, 5) is 15.2. The molecule has 0 aliphatic carbocycles. The van der Waals surface area contributed by atoms with Crippen molar-refractivity contribution in [2.24, 2.45) is 0 Å². The third-order valence-corrected chi connectivity index (χ3v) is 4.05. The van der Waals surface area contributed by atoms with Crippen molar-refractivity contribution in [3.8, 4) is 5.75 Å². The van der Waals surface area contributed by atoms with Crippen molar-refractivity contribution in [1.29, 1.82) is 0 Å². The van der Waals surface area contributed by atoms with Crippen molar-refractivity contribution < 1.29 is 27.8 Å². The second-order valence-electron chi connectivity index (χ2n) is 5.96. The molecule has 1 saturated heterocycles. The van der Waals surface area contributed by atoms with Gasteiger partial charge < -0.3 is 14.7 Å². The van der Waals surface area contributed by atoms with Crippen LogP contribution in [0, 0.1) is 0 Å². The van der Waals surface area contributed by atoms with Crippen molar-refractivity contribution in [1.82, 2.24) is 9.80 Å². The number of nitrogens with zero attached hydrogens (tertiary/aromatic N) is 2. The van der Waals surface area contributed by atoms with Gasteiger partial charge in [-0.1, -0.05) is 12.1 Å². The molecule has 1 N–H and O–H groups in total. The summed E-state index contributed by atoms with van der Waals surface area (Å²) in [5, 5.41) is 10.0. The molecule has 8 heteroatoms. The van der Waals surface area contributed by atoms with E-state index in [1.54, 1.807) is 23.9 Å². The van der Waals surface area contributed by atoms with Crippen LogP contribution in [-0.4, -0.2) is 66.8 Å². The van der Waals surface area contributed by atoms with Gasteiger partial charge in [0.1, 0.15) is 18.5 Å². The van der Waals surface area contributed by atoms with Crippen LogP contribution in [0.1, 0.15) is 12.0 Å². The Morgan fingerprint density at radius 1 is 1.42 bits per heavy atom. The molecule has 1 aliphatic heterocycles. The summed E-state index contributed by atoms with van der Waals surface area (Å²) >= 11 is 0. The number of hydrogen-bond acceptors (Lipinski definition) is 4. The fourth-order valence-corrected chi connectivity index (χ4v) is 2.74. The Morgan fingerprint density at radius 2 is 2.08 bits per heavy atom. The van der Waals surface area contributed by atoms with Crippen LogP contribution in [0.25, 0.3) is 0 Å². The summed E-state index contributed by atoms with van der Waals surface area (Å²) < 4.78 is 43.8. The minimum atomic E-state index is -4.51. The monoisotopic (exact) mass is 346 g/mol. The molecule has 0 saturated carbocycles. The second-order valence-corrected chi connectivity index (χ2v) is 5.96. The molecule has 1 aromatic rings. The van der Waals surface area contributed by atoms with Crippen LogP contribution >= 0.6 is 0 Å². The number of benzene rings is 1. The number of likely N-dealkylation sites (tertiary alicyclic amines) is 1. The molecule has 0 spiro atoms. The number of hydrogen-bond donors (Lipinski definition) is 1. The summed E-state index contributed by atoms with van der Waals surface area (Å²) in [5.74, 6) is -0.337. The molecule has 0 aromatic heterocycles.